The maximum atomic E-state index is 12.6. The molecule has 1 heterocycles. The van der Waals surface area contributed by atoms with Gasteiger partial charge in [-0.15, -0.1) is 0 Å². The topological polar surface area (TPSA) is 75.9 Å². The molecule has 7 heteroatoms. The van der Waals surface area contributed by atoms with E-state index in [1.54, 1.807) is 36.2 Å². The molecule has 0 radical (unpaired) electrons. The highest BCUT2D eigenvalue weighted by atomic mass is 16.5. The van der Waals surface area contributed by atoms with Crippen molar-refractivity contribution in [3.63, 3.8) is 0 Å². The van der Waals surface area contributed by atoms with Gasteiger partial charge in [0.15, 0.2) is 0 Å². The Balaban J connectivity index is 2.03. The first-order valence-corrected chi connectivity index (χ1v) is 9.05. The lowest BCUT2D eigenvalue weighted by Crippen LogP contribution is -2.41. The molecule has 1 aromatic carbocycles. The number of ether oxygens (including phenoxy) is 1. The van der Waals surface area contributed by atoms with Gasteiger partial charge in [-0.2, -0.15) is 0 Å². The van der Waals surface area contributed by atoms with Gasteiger partial charge in [0.1, 0.15) is 18.1 Å². The second kappa shape index (κ2) is 9.21. The van der Waals surface area contributed by atoms with E-state index in [9.17, 15) is 9.59 Å². The van der Waals surface area contributed by atoms with Crippen molar-refractivity contribution in [3.8, 4) is 5.75 Å². The molecule has 0 unspecified atom stereocenters. The third-order valence-electron chi connectivity index (χ3n) is 4.48. The van der Waals surface area contributed by atoms with Crippen molar-refractivity contribution in [1.29, 1.82) is 0 Å². The van der Waals surface area contributed by atoms with Gasteiger partial charge in [0.2, 0.25) is 5.91 Å². The van der Waals surface area contributed by atoms with Crippen molar-refractivity contribution in [2.75, 3.05) is 26.7 Å². The summed E-state index contributed by atoms with van der Waals surface area (Å²) < 4.78 is 10.9. The van der Waals surface area contributed by atoms with Crippen LogP contribution < -0.4 is 4.74 Å². The van der Waals surface area contributed by atoms with Crippen LogP contribution in [0.5, 0.6) is 5.75 Å². The van der Waals surface area contributed by atoms with E-state index in [1.807, 2.05) is 27.7 Å². The van der Waals surface area contributed by atoms with Crippen LogP contribution >= 0.6 is 0 Å². The first kappa shape index (κ1) is 20.5. The molecule has 0 spiro atoms. The predicted molar refractivity (Wildman–Crippen MR) is 102 cm³/mol. The van der Waals surface area contributed by atoms with E-state index in [0.29, 0.717) is 31.0 Å². The van der Waals surface area contributed by atoms with Crippen molar-refractivity contribution >= 4 is 11.8 Å². The van der Waals surface area contributed by atoms with E-state index in [4.69, 9.17) is 9.26 Å². The summed E-state index contributed by atoms with van der Waals surface area (Å²) in [6.07, 6.45) is 0. The molecule has 1 aromatic heterocycles. The van der Waals surface area contributed by atoms with Crippen molar-refractivity contribution in [2.45, 2.75) is 34.3 Å². The van der Waals surface area contributed by atoms with Gasteiger partial charge in [-0.1, -0.05) is 11.2 Å². The number of nitrogens with zero attached hydrogens (tertiary/aromatic N) is 3. The highest BCUT2D eigenvalue weighted by molar-refractivity contribution is 5.96. The van der Waals surface area contributed by atoms with Gasteiger partial charge < -0.3 is 19.1 Å². The minimum Gasteiger partial charge on any atom is -0.489 e. The van der Waals surface area contributed by atoms with Gasteiger partial charge in [-0.25, -0.2) is 0 Å². The highest BCUT2D eigenvalue weighted by Gasteiger charge is 2.18. The van der Waals surface area contributed by atoms with Crippen LogP contribution in [0.1, 0.15) is 41.2 Å². The summed E-state index contributed by atoms with van der Waals surface area (Å²) >= 11 is 0. The molecule has 0 atom stereocenters. The molecule has 0 saturated carbocycles. The molecule has 0 fully saturated rings. The maximum absolute atomic E-state index is 12.6. The van der Waals surface area contributed by atoms with E-state index >= 15 is 0 Å². The van der Waals surface area contributed by atoms with E-state index in [-0.39, 0.29) is 18.4 Å². The number of hydrogen-bond donors (Lipinski definition) is 0. The molecule has 0 aliphatic carbocycles. The van der Waals surface area contributed by atoms with Crippen LogP contribution in [-0.4, -0.2) is 53.5 Å². The summed E-state index contributed by atoms with van der Waals surface area (Å²) in [6, 6.07) is 6.94. The van der Waals surface area contributed by atoms with Crippen molar-refractivity contribution in [2.24, 2.45) is 0 Å². The molecular formula is C20H27N3O4. The molecule has 0 bridgehead atoms. The van der Waals surface area contributed by atoms with Crippen LogP contribution in [0.25, 0.3) is 0 Å². The Kier molecular flexibility index (Phi) is 6.98. The monoisotopic (exact) mass is 373 g/mol. The Morgan fingerprint density at radius 3 is 2.48 bits per heavy atom. The molecule has 2 aromatic rings. The normalized spacial score (nSPS) is 10.6. The number of carbonyl (C=O) groups is 2. The summed E-state index contributed by atoms with van der Waals surface area (Å²) in [4.78, 5) is 28.0. The van der Waals surface area contributed by atoms with Crippen molar-refractivity contribution in [1.82, 2.24) is 15.0 Å². The Morgan fingerprint density at radius 2 is 1.89 bits per heavy atom. The standard InChI is InChI=1S/C20H27N3O4/c1-6-23(7-2)19(24)12-22(5)20(25)16-9-8-10-17(11-16)26-13-18-14(3)21-27-15(18)4/h8-11H,6-7,12-13H2,1-5H3. The Morgan fingerprint density at radius 1 is 1.19 bits per heavy atom. The van der Waals surface area contributed by atoms with Gasteiger partial charge >= 0.3 is 0 Å². The number of aryl methyl sites for hydroxylation is 2. The Bertz CT molecular complexity index is 777. The minimum atomic E-state index is -0.224. The molecular weight excluding hydrogens is 346 g/mol. The summed E-state index contributed by atoms with van der Waals surface area (Å²) in [6.45, 7) is 9.15. The lowest BCUT2D eigenvalue weighted by Gasteiger charge is -2.23. The first-order valence-electron chi connectivity index (χ1n) is 9.05. The lowest BCUT2D eigenvalue weighted by atomic mass is 10.2. The van der Waals surface area contributed by atoms with Gasteiger partial charge in [-0.05, 0) is 45.9 Å². The largest absolute Gasteiger partial charge is 0.489 e. The van der Waals surface area contributed by atoms with Crippen LogP contribution in [-0.2, 0) is 11.4 Å². The minimum absolute atomic E-state index is 0.0463. The van der Waals surface area contributed by atoms with E-state index < -0.39 is 0 Å². The second-order valence-electron chi connectivity index (χ2n) is 6.35. The molecule has 0 N–H and O–H groups in total. The molecule has 27 heavy (non-hydrogen) atoms. The average Bonchev–Trinajstić information content (AvgIpc) is 2.98. The number of amides is 2. The molecule has 2 rings (SSSR count). The Labute approximate surface area is 159 Å². The third-order valence-corrected chi connectivity index (χ3v) is 4.48. The fraction of sp³-hybridized carbons (Fsp3) is 0.450. The highest BCUT2D eigenvalue weighted by Crippen LogP contribution is 2.19. The number of hydrogen-bond acceptors (Lipinski definition) is 5. The maximum Gasteiger partial charge on any atom is 0.254 e. The Hall–Kier alpha value is -2.83. The zero-order chi connectivity index (χ0) is 20.0. The summed E-state index contributed by atoms with van der Waals surface area (Å²) in [5.74, 6) is 0.999. The van der Waals surface area contributed by atoms with E-state index in [2.05, 4.69) is 5.16 Å². The summed E-state index contributed by atoms with van der Waals surface area (Å²) in [5, 5.41) is 3.90. The van der Waals surface area contributed by atoms with E-state index in [0.717, 1.165) is 17.0 Å². The molecule has 7 nitrogen and oxygen atoms in total. The van der Waals surface area contributed by atoms with Gasteiger partial charge in [0, 0.05) is 25.7 Å². The van der Waals surface area contributed by atoms with Gasteiger partial charge in [0.25, 0.3) is 5.91 Å². The van der Waals surface area contributed by atoms with Gasteiger partial charge in [-0.3, -0.25) is 9.59 Å². The number of aromatic nitrogens is 1. The summed E-state index contributed by atoms with van der Waals surface area (Å²) in [5.41, 5.74) is 2.16. The number of likely N-dealkylation sites (N-methyl/N-ethyl adjacent to an activating group) is 2. The van der Waals surface area contributed by atoms with Crippen LogP contribution in [0, 0.1) is 13.8 Å². The molecule has 0 aliphatic rings. The van der Waals surface area contributed by atoms with Crippen LogP contribution in [0.4, 0.5) is 0 Å². The quantitative estimate of drug-likeness (QED) is 0.711. The van der Waals surface area contributed by atoms with Crippen molar-refractivity contribution in [3.05, 3.63) is 46.8 Å². The van der Waals surface area contributed by atoms with Crippen LogP contribution in [0.15, 0.2) is 28.8 Å². The third kappa shape index (κ3) is 5.09. The first-order chi connectivity index (χ1) is 12.9. The van der Waals surface area contributed by atoms with Crippen LogP contribution in [0.3, 0.4) is 0 Å². The fourth-order valence-electron chi connectivity index (χ4n) is 2.75. The second-order valence-corrected chi connectivity index (χ2v) is 6.35. The number of benzene rings is 1. The molecule has 2 amide bonds. The smallest absolute Gasteiger partial charge is 0.254 e. The van der Waals surface area contributed by atoms with Gasteiger partial charge in [0.05, 0.1) is 17.8 Å². The fourth-order valence-corrected chi connectivity index (χ4v) is 2.75. The zero-order valence-corrected chi connectivity index (χ0v) is 16.6. The predicted octanol–water partition coefficient (Wildman–Crippen LogP) is 2.81. The number of rotatable bonds is 8. The lowest BCUT2D eigenvalue weighted by molar-refractivity contribution is -0.131. The summed E-state index contributed by atoms with van der Waals surface area (Å²) in [7, 11) is 1.63. The average molecular weight is 373 g/mol. The molecule has 0 saturated heterocycles. The zero-order valence-electron chi connectivity index (χ0n) is 16.6. The molecule has 146 valence electrons. The van der Waals surface area contributed by atoms with Crippen molar-refractivity contribution < 1.29 is 18.8 Å². The molecule has 0 aliphatic heterocycles. The van der Waals surface area contributed by atoms with E-state index in [1.165, 1.54) is 4.90 Å². The SMILES string of the molecule is CCN(CC)C(=O)CN(C)C(=O)c1cccc(OCc2c(C)noc2C)c1. The number of carbonyl (C=O) groups excluding carboxylic acids is 2. The van der Waals surface area contributed by atoms with Crippen LogP contribution in [0.2, 0.25) is 0 Å².